The smallest absolute Gasteiger partial charge is 0.550 e. The van der Waals surface area contributed by atoms with Gasteiger partial charge in [0, 0.05) is 11.9 Å². The summed E-state index contributed by atoms with van der Waals surface area (Å²) in [6.07, 6.45) is 3.34. The van der Waals surface area contributed by atoms with Crippen LogP contribution < -0.4 is 69.3 Å². The number of carbonyl (C=O) groups is 2. The van der Waals surface area contributed by atoms with Gasteiger partial charge in [0.05, 0.1) is 0 Å². The van der Waals surface area contributed by atoms with E-state index < -0.39 is 24.8 Å². The van der Waals surface area contributed by atoms with Gasteiger partial charge in [-0.15, -0.1) is 0 Å². The third-order valence-electron chi connectivity index (χ3n) is 2.11. The summed E-state index contributed by atoms with van der Waals surface area (Å²) in [5, 5.41) is 19.0. The van der Waals surface area contributed by atoms with E-state index in [0.717, 1.165) is 0 Å². The maximum Gasteiger partial charge on any atom is 1.00 e. The van der Waals surface area contributed by atoms with E-state index in [-0.39, 0.29) is 59.1 Å². The second-order valence-corrected chi connectivity index (χ2v) is 3.61. The molecule has 1 aliphatic rings. The molecule has 1 heterocycles. The van der Waals surface area contributed by atoms with Gasteiger partial charge in [-0.3, -0.25) is 0 Å². The third kappa shape index (κ3) is 19.4. The quantitative estimate of drug-likeness (QED) is 0.471. The van der Waals surface area contributed by atoms with Crippen molar-refractivity contribution in [1.29, 1.82) is 0 Å². The van der Waals surface area contributed by atoms with Crippen LogP contribution in [0.4, 0.5) is 0 Å². The van der Waals surface area contributed by atoms with Crippen LogP contribution in [0, 0.1) is 0 Å². The molecule has 0 amide bonds. The Balaban J connectivity index is -0.000000207. The molecule has 0 unspecified atom stereocenters. The molecule has 0 N–H and O–H groups in total. The van der Waals surface area contributed by atoms with E-state index in [9.17, 15) is 19.8 Å². The number of carboxylic acid groups (broad SMARTS) is 2. The minimum absolute atomic E-state index is 0. The first-order chi connectivity index (χ1) is 7.02. The van der Waals surface area contributed by atoms with E-state index in [1.54, 1.807) is 0 Å². The van der Waals surface area contributed by atoms with Gasteiger partial charge in [0.15, 0.2) is 0 Å². The number of carbonyl (C=O) groups excluding carboxylic acids is 2. The predicted molar refractivity (Wildman–Crippen MR) is 50.6 cm³/mol. The summed E-state index contributed by atoms with van der Waals surface area (Å²) in [5.41, 5.74) is 0. The third-order valence-corrected chi connectivity index (χ3v) is 2.11. The average molecular weight is 261 g/mol. The monoisotopic (exact) mass is 261 g/mol. The standard InChI is InChI=1S/C6H13N.C4H6O4.2Na/c1-7-5-3-2-4-6-7;5-3(6)1-2-4(7)8;;/h2-6H2,1H3;1-2H2,(H,5,6)(H,7,8);;/q;;2*+1/p-2. The number of carboxylic acids is 2. The van der Waals surface area contributed by atoms with Crippen molar-refractivity contribution in [3.8, 4) is 0 Å². The number of aliphatic carboxylic acids is 2. The van der Waals surface area contributed by atoms with E-state index in [2.05, 4.69) is 11.9 Å². The van der Waals surface area contributed by atoms with Crippen molar-refractivity contribution < 1.29 is 78.9 Å². The molecule has 1 rings (SSSR count). The Bertz CT molecular complexity index is 194. The zero-order valence-electron chi connectivity index (χ0n) is 11.0. The van der Waals surface area contributed by atoms with Gasteiger partial charge < -0.3 is 24.7 Å². The molecule has 0 aromatic carbocycles. The molecule has 5 nitrogen and oxygen atoms in total. The van der Waals surface area contributed by atoms with Crippen molar-refractivity contribution in [3.05, 3.63) is 0 Å². The SMILES string of the molecule is CN1CCCCC1.O=C([O-])CCC(=O)[O-].[Na+].[Na+]. The molecule has 0 aliphatic carbocycles. The first-order valence-corrected chi connectivity index (χ1v) is 5.10. The van der Waals surface area contributed by atoms with E-state index >= 15 is 0 Å². The molecular formula is C10H17NNa2O4. The first-order valence-electron chi connectivity index (χ1n) is 5.10. The molecule has 0 bridgehead atoms. The van der Waals surface area contributed by atoms with Gasteiger partial charge in [-0.2, -0.15) is 0 Å². The summed E-state index contributed by atoms with van der Waals surface area (Å²) in [4.78, 5) is 21.4. The van der Waals surface area contributed by atoms with Crippen LogP contribution in [0.5, 0.6) is 0 Å². The number of rotatable bonds is 3. The van der Waals surface area contributed by atoms with E-state index in [1.807, 2.05) is 0 Å². The van der Waals surface area contributed by atoms with Crippen molar-refractivity contribution in [2.45, 2.75) is 32.1 Å². The zero-order chi connectivity index (χ0) is 11.7. The van der Waals surface area contributed by atoms with Crippen molar-refractivity contribution in [1.82, 2.24) is 4.90 Å². The number of likely N-dealkylation sites (tertiary alicyclic amines) is 1. The molecule has 0 aromatic rings. The van der Waals surface area contributed by atoms with Crippen LogP contribution >= 0.6 is 0 Å². The topological polar surface area (TPSA) is 83.5 Å². The number of hydrogen-bond donors (Lipinski definition) is 0. The fraction of sp³-hybridized carbons (Fsp3) is 0.800. The Morgan fingerprint density at radius 3 is 1.47 bits per heavy atom. The van der Waals surface area contributed by atoms with Crippen LogP contribution in [0.1, 0.15) is 32.1 Å². The second-order valence-electron chi connectivity index (χ2n) is 3.61. The molecular weight excluding hydrogens is 244 g/mol. The van der Waals surface area contributed by atoms with Gasteiger partial charge >= 0.3 is 59.1 Å². The van der Waals surface area contributed by atoms with Gasteiger partial charge in [-0.05, 0) is 45.8 Å². The maximum absolute atomic E-state index is 9.50. The predicted octanol–water partition coefficient (Wildman–Crippen LogP) is -7.62. The second kappa shape index (κ2) is 15.0. The van der Waals surface area contributed by atoms with Crippen LogP contribution in [0.15, 0.2) is 0 Å². The fourth-order valence-electron chi connectivity index (χ4n) is 1.26. The Morgan fingerprint density at radius 1 is 0.941 bits per heavy atom. The van der Waals surface area contributed by atoms with E-state index in [4.69, 9.17) is 0 Å². The maximum atomic E-state index is 9.50. The molecule has 0 spiro atoms. The molecule has 88 valence electrons. The van der Waals surface area contributed by atoms with Gasteiger partial charge in [-0.1, -0.05) is 6.42 Å². The van der Waals surface area contributed by atoms with Crippen LogP contribution in [-0.4, -0.2) is 37.0 Å². The molecule has 17 heavy (non-hydrogen) atoms. The molecule has 0 atom stereocenters. The average Bonchev–Trinajstić information content (AvgIpc) is 2.17. The van der Waals surface area contributed by atoms with Gasteiger partial charge in [0.25, 0.3) is 0 Å². The Morgan fingerprint density at radius 2 is 1.29 bits per heavy atom. The first kappa shape index (κ1) is 23.0. The van der Waals surface area contributed by atoms with Crippen molar-refractivity contribution in [2.24, 2.45) is 0 Å². The Hall–Kier alpha value is 0.900. The fourth-order valence-corrected chi connectivity index (χ4v) is 1.26. The van der Waals surface area contributed by atoms with Gasteiger partial charge in [0.2, 0.25) is 0 Å². The summed E-state index contributed by atoms with van der Waals surface area (Å²) in [6.45, 7) is 2.64. The molecule has 0 saturated carbocycles. The minimum Gasteiger partial charge on any atom is -0.550 e. The van der Waals surface area contributed by atoms with Crippen LogP contribution in [0.25, 0.3) is 0 Å². The summed E-state index contributed by atoms with van der Waals surface area (Å²) >= 11 is 0. The molecule has 7 heteroatoms. The number of nitrogens with zero attached hydrogens (tertiary/aromatic N) is 1. The summed E-state index contributed by atoms with van der Waals surface area (Å²) in [5.74, 6) is -2.73. The molecule has 1 fully saturated rings. The normalized spacial score (nSPS) is 14.4. The van der Waals surface area contributed by atoms with Crippen LogP contribution in [0.2, 0.25) is 0 Å². The van der Waals surface area contributed by atoms with E-state index in [0.29, 0.717) is 0 Å². The minimum atomic E-state index is -1.37. The number of piperidine rings is 1. The van der Waals surface area contributed by atoms with Crippen LogP contribution in [-0.2, 0) is 9.59 Å². The summed E-state index contributed by atoms with van der Waals surface area (Å²) in [6, 6.07) is 0. The van der Waals surface area contributed by atoms with E-state index in [1.165, 1.54) is 32.4 Å². The van der Waals surface area contributed by atoms with Crippen molar-refractivity contribution in [2.75, 3.05) is 20.1 Å². The molecule has 1 saturated heterocycles. The Labute approximate surface area is 147 Å². The van der Waals surface area contributed by atoms with Crippen molar-refractivity contribution >= 4 is 11.9 Å². The Kier molecular flexibility index (Phi) is 20.3. The largest absolute Gasteiger partial charge is 1.00 e. The van der Waals surface area contributed by atoms with Gasteiger partial charge in [0.1, 0.15) is 0 Å². The van der Waals surface area contributed by atoms with Gasteiger partial charge in [-0.25, -0.2) is 0 Å². The molecule has 0 aromatic heterocycles. The summed E-state index contributed by atoms with van der Waals surface area (Å²) in [7, 11) is 2.19. The van der Waals surface area contributed by atoms with Crippen molar-refractivity contribution in [3.63, 3.8) is 0 Å². The zero-order valence-corrected chi connectivity index (χ0v) is 15.0. The molecule has 1 aliphatic heterocycles. The summed E-state index contributed by atoms with van der Waals surface area (Å²) < 4.78 is 0. The number of hydrogen-bond acceptors (Lipinski definition) is 5. The van der Waals surface area contributed by atoms with Crippen LogP contribution in [0.3, 0.4) is 0 Å². The molecule has 0 radical (unpaired) electrons.